The van der Waals surface area contributed by atoms with Crippen molar-refractivity contribution in [3.05, 3.63) is 48.0 Å². The van der Waals surface area contributed by atoms with Crippen molar-refractivity contribution in [1.82, 2.24) is 0 Å². The van der Waals surface area contributed by atoms with Gasteiger partial charge in [0.25, 0.3) is 0 Å². The second-order valence-electron chi connectivity index (χ2n) is 4.51. The maximum Gasteiger partial charge on any atom is 0.126 e. The zero-order valence-corrected chi connectivity index (χ0v) is 10.6. The summed E-state index contributed by atoms with van der Waals surface area (Å²) >= 11 is 0. The van der Waals surface area contributed by atoms with E-state index in [1.807, 2.05) is 12.1 Å². The first-order valence-electron chi connectivity index (χ1n) is 5.96. The molecule has 17 heavy (non-hydrogen) atoms. The van der Waals surface area contributed by atoms with Gasteiger partial charge in [-0.3, -0.25) is 0 Å². The number of benzene rings is 2. The van der Waals surface area contributed by atoms with E-state index in [9.17, 15) is 0 Å². The van der Waals surface area contributed by atoms with E-state index in [1.165, 1.54) is 16.3 Å². The van der Waals surface area contributed by atoms with Crippen LogP contribution in [0.3, 0.4) is 0 Å². The first-order chi connectivity index (χ1) is 8.22. The van der Waals surface area contributed by atoms with E-state index in [0.29, 0.717) is 5.92 Å². The Kier molecular flexibility index (Phi) is 3.48. The maximum atomic E-state index is 5.38. The molecular weight excluding hydrogens is 208 g/mol. The number of hydrogen-bond donors (Lipinski definition) is 0. The predicted molar refractivity (Wildman–Crippen MR) is 74.4 cm³/mol. The standard InChI is InChI=1S/C16H18O/c1-12(2)8-9-13-10-11-16(17-3)15-7-5-4-6-14(13)15/h4-12H,1-3H3/b9-8+. The van der Waals surface area contributed by atoms with Crippen LogP contribution in [0.15, 0.2) is 42.5 Å². The van der Waals surface area contributed by atoms with E-state index in [0.717, 1.165) is 5.75 Å². The van der Waals surface area contributed by atoms with E-state index >= 15 is 0 Å². The molecule has 0 bridgehead atoms. The lowest BCUT2D eigenvalue weighted by atomic mass is 10.0. The van der Waals surface area contributed by atoms with Crippen molar-refractivity contribution in [2.24, 2.45) is 5.92 Å². The first-order valence-corrected chi connectivity index (χ1v) is 5.96. The van der Waals surface area contributed by atoms with Gasteiger partial charge in [-0.2, -0.15) is 0 Å². The second-order valence-corrected chi connectivity index (χ2v) is 4.51. The maximum absolute atomic E-state index is 5.38. The van der Waals surface area contributed by atoms with Crippen molar-refractivity contribution >= 4 is 16.8 Å². The molecule has 0 aliphatic heterocycles. The van der Waals surface area contributed by atoms with E-state index in [4.69, 9.17) is 4.74 Å². The van der Waals surface area contributed by atoms with Crippen LogP contribution in [-0.2, 0) is 0 Å². The first kappa shape index (κ1) is 11.7. The third-order valence-corrected chi connectivity index (χ3v) is 2.80. The number of methoxy groups -OCH3 is 1. The van der Waals surface area contributed by atoms with E-state index in [1.54, 1.807) is 7.11 Å². The van der Waals surface area contributed by atoms with E-state index in [2.05, 4.69) is 50.3 Å². The van der Waals surface area contributed by atoms with Crippen molar-refractivity contribution in [2.45, 2.75) is 13.8 Å². The molecule has 2 aromatic carbocycles. The molecule has 0 spiro atoms. The lowest BCUT2D eigenvalue weighted by Crippen LogP contribution is -1.87. The molecule has 0 unspecified atom stereocenters. The number of ether oxygens (including phenoxy) is 1. The number of fused-ring (bicyclic) bond motifs is 1. The average molecular weight is 226 g/mol. The third-order valence-electron chi connectivity index (χ3n) is 2.80. The van der Waals surface area contributed by atoms with Crippen LogP contribution >= 0.6 is 0 Å². The van der Waals surface area contributed by atoms with Gasteiger partial charge in [0.05, 0.1) is 7.11 Å². The van der Waals surface area contributed by atoms with Gasteiger partial charge >= 0.3 is 0 Å². The lowest BCUT2D eigenvalue weighted by molar-refractivity contribution is 0.420. The Hall–Kier alpha value is -1.76. The van der Waals surface area contributed by atoms with Crippen LogP contribution in [0.5, 0.6) is 5.75 Å². The highest BCUT2D eigenvalue weighted by Gasteiger charge is 2.03. The molecule has 0 radical (unpaired) electrons. The number of allylic oxidation sites excluding steroid dienone is 1. The molecule has 0 aliphatic rings. The Morgan fingerprint density at radius 1 is 1.00 bits per heavy atom. The fourth-order valence-corrected chi connectivity index (χ4v) is 1.91. The lowest BCUT2D eigenvalue weighted by Gasteiger charge is -2.08. The fourth-order valence-electron chi connectivity index (χ4n) is 1.91. The van der Waals surface area contributed by atoms with Crippen molar-refractivity contribution in [3.8, 4) is 5.75 Å². The zero-order chi connectivity index (χ0) is 12.3. The topological polar surface area (TPSA) is 9.23 Å². The van der Waals surface area contributed by atoms with Gasteiger partial charge in [0.1, 0.15) is 5.75 Å². The Balaban J connectivity index is 2.58. The molecule has 0 N–H and O–H groups in total. The van der Waals surface area contributed by atoms with Gasteiger partial charge in [-0.1, -0.05) is 56.3 Å². The predicted octanol–water partition coefficient (Wildman–Crippen LogP) is 4.52. The van der Waals surface area contributed by atoms with Crippen LogP contribution in [0.4, 0.5) is 0 Å². The van der Waals surface area contributed by atoms with Gasteiger partial charge in [-0.05, 0) is 22.9 Å². The van der Waals surface area contributed by atoms with E-state index < -0.39 is 0 Å². The zero-order valence-electron chi connectivity index (χ0n) is 10.6. The Bertz CT molecular complexity index is 538. The van der Waals surface area contributed by atoms with Crippen LogP contribution in [-0.4, -0.2) is 7.11 Å². The van der Waals surface area contributed by atoms with Crippen LogP contribution < -0.4 is 4.74 Å². The molecule has 2 aromatic rings. The summed E-state index contributed by atoms with van der Waals surface area (Å²) in [6, 6.07) is 12.5. The summed E-state index contributed by atoms with van der Waals surface area (Å²) in [6.07, 6.45) is 4.40. The molecule has 0 saturated carbocycles. The fraction of sp³-hybridized carbons (Fsp3) is 0.250. The monoisotopic (exact) mass is 226 g/mol. The second kappa shape index (κ2) is 5.05. The molecule has 1 nitrogen and oxygen atoms in total. The van der Waals surface area contributed by atoms with Crippen LogP contribution in [0.2, 0.25) is 0 Å². The molecular formula is C16H18O. The molecule has 0 heterocycles. The third kappa shape index (κ3) is 2.50. The summed E-state index contributed by atoms with van der Waals surface area (Å²) < 4.78 is 5.38. The molecule has 0 atom stereocenters. The minimum atomic E-state index is 0.566. The molecule has 0 aromatic heterocycles. The largest absolute Gasteiger partial charge is 0.496 e. The SMILES string of the molecule is COc1ccc(/C=C/C(C)C)c2ccccc12. The minimum absolute atomic E-state index is 0.566. The highest BCUT2D eigenvalue weighted by atomic mass is 16.5. The summed E-state index contributed by atoms with van der Waals surface area (Å²) in [6.45, 7) is 4.37. The van der Waals surface area contributed by atoms with Crippen LogP contribution in [0, 0.1) is 5.92 Å². The van der Waals surface area contributed by atoms with Gasteiger partial charge in [-0.15, -0.1) is 0 Å². The molecule has 2 rings (SSSR count). The Morgan fingerprint density at radius 2 is 1.71 bits per heavy atom. The van der Waals surface area contributed by atoms with Crippen molar-refractivity contribution in [2.75, 3.05) is 7.11 Å². The molecule has 88 valence electrons. The van der Waals surface area contributed by atoms with Crippen molar-refractivity contribution < 1.29 is 4.74 Å². The van der Waals surface area contributed by atoms with Gasteiger partial charge < -0.3 is 4.74 Å². The average Bonchev–Trinajstić information content (AvgIpc) is 2.35. The quantitative estimate of drug-likeness (QED) is 0.747. The highest BCUT2D eigenvalue weighted by Crippen LogP contribution is 2.29. The smallest absolute Gasteiger partial charge is 0.126 e. The van der Waals surface area contributed by atoms with E-state index in [-0.39, 0.29) is 0 Å². The minimum Gasteiger partial charge on any atom is -0.496 e. The number of hydrogen-bond acceptors (Lipinski definition) is 1. The normalized spacial score (nSPS) is 11.5. The van der Waals surface area contributed by atoms with Gasteiger partial charge in [0.2, 0.25) is 0 Å². The van der Waals surface area contributed by atoms with Gasteiger partial charge in [0.15, 0.2) is 0 Å². The summed E-state index contributed by atoms with van der Waals surface area (Å²) in [4.78, 5) is 0. The summed E-state index contributed by atoms with van der Waals surface area (Å²) in [5, 5.41) is 2.41. The number of rotatable bonds is 3. The Labute approximate surface area is 103 Å². The summed E-state index contributed by atoms with van der Waals surface area (Å²) in [7, 11) is 1.71. The molecule has 0 aliphatic carbocycles. The van der Waals surface area contributed by atoms with Crippen LogP contribution in [0.25, 0.3) is 16.8 Å². The van der Waals surface area contributed by atoms with Crippen LogP contribution in [0.1, 0.15) is 19.4 Å². The Morgan fingerprint density at radius 3 is 2.35 bits per heavy atom. The van der Waals surface area contributed by atoms with Crippen molar-refractivity contribution in [1.29, 1.82) is 0 Å². The summed E-state index contributed by atoms with van der Waals surface area (Å²) in [5.41, 5.74) is 1.25. The van der Waals surface area contributed by atoms with Crippen molar-refractivity contribution in [3.63, 3.8) is 0 Å². The van der Waals surface area contributed by atoms with Gasteiger partial charge in [0, 0.05) is 5.39 Å². The molecule has 1 heteroatoms. The molecule has 0 fully saturated rings. The highest BCUT2D eigenvalue weighted by molar-refractivity contribution is 5.94. The molecule has 0 saturated heterocycles. The summed E-state index contributed by atoms with van der Waals surface area (Å²) in [5.74, 6) is 1.50. The molecule has 0 amide bonds. The van der Waals surface area contributed by atoms with Gasteiger partial charge in [-0.25, -0.2) is 0 Å².